The third kappa shape index (κ3) is 3.88. The van der Waals surface area contributed by atoms with Crippen molar-refractivity contribution >= 4 is 11.6 Å². The van der Waals surface area contributed by atoms with E-state index in [1.165, 1.54) is 6.07 Å². The molecule has 11 heteroatoms. The minimum atomic E-state index is -1.19. The van der Waals surface area contributed by atoms with E-state index in [4.69, 9.17) is 0 Å². The molecule has 2 aliphatic heterocycles. The molecule has 2 aromatic rings. The van der Waals surface area contributed by atoms with Crippen LogP contribution in [0.4, 0.5) is 5.69 Å². The highest BCUT2D eigenvalue weighted by molar-refractivity contribution is 5.79. The number of hydrogen-bond donors (Lipinski definition) is 2. The number of tetrazole rings is 1. The van der Waals surface area contributed by atoms with Crippen molar-refractivity contribution in [3.8, 4) is 0 Å². The van der Waals surface area contributed by atoms with Gasteiger partial charge in [0.25, 0.3) is 0 Å². The number of fused-ring (bicyclic) bond motifs is 4. The molecule has 5 rings (SSSR count). The van der Waals surface area contributed by atoms with Gasteiger partial charge in [0.1, 0.15) is 6.33 Å². The molecule has 1 amide bonds. The molecule has 2 bridgehead atoms. The van der Waals surface area contributed by atoms with E-state index < -0.39 is 10.8 Å². The molecule has 2 fully saturated rings. The Kier molecular flexibility index (Phi) is 5.32. The first-order valence-electron chi connectivity index (χ1n) is 11.0. The Balaban J connectivity index is 1.24. The van der Waals surface area contributed by atoms with Crippen LogP contribution in [0.3, 0.4) is 0 Å². The van der Waals surface area contributed by atoms with E-state index in [1.807, 2.05) is 4.90 Å². The molecule has 31 heavy (non-hydrogen) atoms. The molecule has 0 aromatic carbocycles. The molecule has 0 radical (unpaired) electrons. The Labute approximate surface area is 178 Å². The smallest absolute Gasteiger partial charge is 0.315 e. The van der Waals surface area contributed by atoms with Gasteiger partial charge in [0.2, 0.25) is 11.6 Å². The third-order valence-corrected chi connectivity index (χ3v) is 7.18. The van der Waals surface area contributed by atoms with Gasteiger partial charge in [0.15, 0.2) is 0 Å². The van der Waals surface area contributed by atoms with Crippen LogP contribution in [0.5, 0.6) is 0 Å². The number of aromatic nitrogens is 5. The molecule has 0 spiro atoms. The first kappa shape index (κ1) is 20.3. The van der Waals surface area contributed by atoms with E-state index in [9.17, 15) is 20.0 Å². The SMILES string of the molecule is O=C(C1CCC(Cn2cnnn2)CC1)N1CC2CC(C1)c1ccc([NH+]([O-])O)c(=O)n1C2. The second-order valence-corrected chi connectivity index (χ2v) is 9.18. The Hall–Kier alpha value is -2.63. The summed E-state index contributed by atoms with van der Waals surface area (Å²) in [5, 5.41) is 30.6. The van der Waals surface area contributed by atoms with Gasteiger partial charge in [-0.25, -0.2) is 9.89 Å². The van der Waals surface area contributed by atoms with Crippen molar-refractivity contribution < 1.29 is 15.2 Å². The summed E-state index contributed by atoms with van der Waals surface area (Å²) >= 11 is 0. The normalized spacial score (nSPS) is 28.8. The van der Waals surface area contributed by atoms with E-state index in [-0.39, 0.29) is 29.3 Å². The second kappa shape index (κ2) is 8.13. The van der Waals surface area contributed by atoms with Gasteiger partial charge < -0.3 is 14.7 Å². The third-order valence-electron chi connectivity index (χ3n) is 7.18. The summed E-state index contributed by atoms with van der Waals surface area (Å²) in [4.78, 5) is 27.8. The van der Waals surface area contributed by atoms with E-state index >= 15 is 0 Å². The maximum atomic E-state index is 13.3. The van der Waals surface area contributed by atoms with Crippen LogP contribution in [0, 0.1) is 23.0 Å². The number of carbonyl (C=O) groups is 1. The molecule has 166 valence electrons. The van der Waals surface area contributed by atoms with Crippen molar-refractivity contribution in [2.24, 2.45) is 17.8 Å². The zero-order valence-corrected chi connectivity index (χ0v) is 17.3. The van der Waals surface area contributed by atoms with Crippen molar-refractivity contribution in [3.05, 3.63) is 39.7 Å². The van der Waals surface area contributed by atoms with Crippen molar-refractivity contribution in [1.29, 1.82) is 0 Å². The molecular weight excluding hydrogens is 402 g/mol. The van der Waals surface area contributed by atoms with Crippen LogP contribution in [0.25, 0.3) is 0 Å². The molecule has 11 nitrogen and oxygen atoms in total. The highest BCUT2D eigenvalue weighted by Crippen LogP contribution is 2.37. The Bertz CT molecular complexity index is 997. The van der Waals surface area contributed by atoms with E-state index in [0.29, 0.717) is 25.6 Å². The molecule has 1 saturated heterocycles. The Morgan fingerprint density at radius 3 is 2.71 bits per heavy atom. The number of carbonyl (C=O) groups excluding carboxylic acids is 1. The van der Waals surface area contributed by atoms with E-state index in [0.717, 1.165) is 44.3 Å². The number of hydrogen-bond acceptors (Lipinski definition) is 7. The quantitative estimate of drug-likeness (QED) is 0.637. The van der Waals surface area contributed by atoms with Gasteiger partial charge in [-0.3, -0.25) is 9.59 Å². The van der Waals surface area contributed by atoms with Crippen molar-refractivity contribution in [3.63, 3.8) is 0 Å². The fraction of sp³-hybridized carbons (Fsp3) is 0.650. The number of quaternary nitrogens is 1. The van der Waals surface area contributed by atoms with Gasteiger partial charge in [-0.2, -0.15) is 5.23 Å². The summed E-state index contributed by atoms with van der Waals surface area (Å²) in [5.41, 5.74) is 0.240. The first-order chi connectivity index (χ1) is 15.0. The summed E-state index contributed by atoms with van der Waals surface area (Å²) in [6.45, 7) is 2.52. The van der Waals surface area contributed by atoms with Crippen molar-refractivity contribution in [2.75, 3.05) is 13.1 Å². The lowest BCUT2D eigenvalue weighted by Crippen LogP contribution is -3.00. The van der Waals surface area contributed by atoms with Crippen LogP contribution in [-0.2, 0) is 17.9 Å². The maximum Gasteiger partial charge on any atom is 0.315 e. The number of nitrogens with zero attached hydrogens (tertiary/aromatic N) is 6. The van der Waals surface area contributed by atoms with Crippen molar-refractivity contribution in [2.45, 2.75) is 51.1 Å². The largest absolute Gasteiger partial charge is 0.595 e. The topological polar surface area (TPSA) is 134 Å². The van der Waals surface area contributed by atoms with Crippen LogP contribution in [0.1, 0.15) is 43.7 Å². The van der Waals surface area contributed by atoms with E-state index in [2.05, 4.69) is 15.5 Å². The highest BCUT2D eigenvalue weighted by atomic mass is 16.8. The molecule has 3 unspecified atom stereocenters. The zero-order valence-electron chi connectivity index (χ0n) is 17.3. The van der Waals surface area contributed by atoms with Crippen LogP contribution in [0.2, 0.25) is 0 Å². The predicted octanol–water partition coefficient (Wildman–Crippen LogP) is -0.309. The number of pyridine rings is 1. The van der Waals surface area contributed by atoms with Gasteiger partial charge in [0, 0.05) is 49.8 Å². The zero-order chi connectivity index (χ0) is 21.5. The van der Waals surface area contributed by atoms with Crippen LogP contribution < -0.4 is 10.8 Å². The van der Waals surface area contributed by atoms with Crippen LogP contribution in [-0.4, -0.2) is 53.9 Å². The number of rotatable bonds is 4. The fourth-order valence-electron chi connectivity index (χ4n) is 5.67. The standard InChI is InChI=1S/C20H27N7O4/c28-19(15-3-1-13(2-4-15)9-25-12-21-22-23-25)24-8-14-7-16(11-24)17-5-6-18(27(30)31)20(29)26(17)10-14/h5-6,12-16,27,30H,1-4,7-11H2. The summed E-state index contributed by atoms with van der Waals surface area (Å²) in [5.74, 6) is 1.06. The molecule has 2 N–H and O–H groups in total. The summed E-state index contributed by atoms with van der Waals surface area (Å²) < 4.78 is 3.38. The van der Waals surface area contributed by atoms with Gasteiger partial charge in [0.05, 0.1) is 0 Å². The van der Waals surface area contributed by atoms with Gasteiger partial charge in [-0.05, 0) is 60.4 Å². The van der Waals surface area contributed by atoms with Gasteiger partial charge in [-0.15, -0.1) is 5.10 Å². The number of amides is 1. The minimum absolute atomic E-state index is 0.0560. The molecule has 1 aliphatic carbocycles. The average Bonchev–Trinajstić information content (AvgIpc) is 3.27. The number of likely N-dealkylation sites (tertiary alicyclic amines) is 1. The van der Waals surface area contributed by atoms with Gasteiger partial charge >= 0.3 is 5.56 Å². The molecule has 4 heterocycles. The molecule has 3 aliphatic rings. The molecule has 3 atom stereocenters. The van der Waals surface area contributed by atoms with Gasteiger partial charge in [-0.1, -0.05) is 0 Å². The summed E-state index contributed by atoms with van der Waals surface area (Å²) in [7, 11) is 0. The second-order valence-electron chi connectivity index (χ2n) is 9.18. The van der Waals surface area contributed by atoms with Crippen molar-refractivity contribution in [1.82, 2.24) is 29.7 Å². The number of nitrogens with one attached hydrogen (secondary N) is 1. The lowest BCUT2D eigenvalue weighted by atomic mass is 9.79. The Morgan fingerprint density at radius 2 is 2.00 bits per heavy atom. The molecule has 2 aromatic heterocycles. The monoisotopic (exact) mass is 429 g/mol. The first-order valence-corrected chi connectivity index (χ1v) is 11.0. The van der Waals surface area contributed by atoms with Crippen LogP contribution >= 0.6 is 0 Å². The van der Waals surface area contributed by atoms with Crippen LogP contribution in [0.15, 0.2) is 23.3 Å². The fourth-order valence-corrected chi connectivity index (χ4v) is 5.67. The summed E-state index contributed by atoms with van der Waals surface area (Å²) in [6, 6.07) is 3.16. The minimum Gasteiger partial charge on any atom is -0.595 e. The highest BCUT2D eigenvalue weighted by Gasteiger charge is 2.39. The lowest BCUT2D eigenvalue weighted by molar-refractivity contribution is -0.992. The molecule has 1 saturated carbocycles. The molecular formula is C20H27N7O4. The average molecular weight is 429 g/mol. The predicted molar refractivity (Wildman–Crippen MR) is 107 cm³/mol. The van der Waals surface area contributed by atoms with E-state index in [1.54, 1.807) is 21.6 Å². The lowest BCUT2D eigenvalue weighted by Gasteiger charge is -2.44. The number of piperidine rings is 1. The maximum absolute atomic E-state index is 13.3. The summed E-state index contributed by atoms with van der Waals surface area (Å²) in [6.07, 6.45) is 6.33. The Morgan fingerprint density at radius 1 is 1.19 bits per heavy atom.